The second-order valence-corrected chi connectivity index (χ2v) is 5.98. The standard InChI is InChI=1S/C17H16Cl2N2O3/c1-9-5-3-6-11(14(9)20)17(23)24-10(2)16(22)21-15-12(18)7-4-8-13(15)19/h3-8,10H,20H2,1-2H3,(H,21,22)/t10-/m0/s1. The molecule has 0 unspecified atom stereocenters. The zero-order valence-corrected chi connectivity index (χ0v) is 14.6. The van der Waals surface area contributed by atoms with E-state index in [9.17, 15) is 9.59 Å². The number of halogens is 2. The molecule has 24 heavy (non-hydrogen) atoms. The zero-order valence-electron chi connectivity index (χ0n) is 13.1. The average Bonchev–Trinajstić information content (AvgIpc) is 2.53. The van der Waals surface area contributed by atoms with E-state index in [0.29, 0.717) is 5.69 Å². The molecule has 0 heterocycles. The van der Waals surface area contributed by atoms with Crippen LogP contribution in [0.5, 0.6) is 0 Å². The molecule has 0 saturated heterocycles. The van der Waals surface area contributed by atoms with Gasteiger partial charge in [-0.3, -0.25) is 4.79 Å². The number of aryl methyl sites for hydroxylation is 1. The van der Waals surface area contributed by atoms with Gasteiger partial charge in [-0.25, -0.2) is 4.79 Å². The van der Waals surface area contributed by atoms with Crippen LogP contribution >= 0.6 is 23.2 Å². The topological polar surface area (TPSA) is 81.4 Å². The number of para-hydroxylation sites is 2. The van der Waals surface area contributed by atoms with Crippen LogP contribution in [0.15, 0.2) is 36.4 Å². The van der Waals surface area contributed by atoms with Gasteiger partial charge in [-0.15, -0.1) is 0 Å². The van der Waals surface area contributed by atoms with Crippen LogP contribution in [0.1, 0.15) is 22.8 Å². The van der Waals surface area contributed by atoms with Gasteiger partial charge in [0, 0.05) is 5.69 Å². The Kier molecular flexibility index (Phi) is 5.70. The SMILES string of the molecule is Cc1cccc(C(=O)O[C@@H](C)C(=O)Nc2c(Cl)cccc2Cl)c1N. The molecule has 0 aliphatic heterocycles. The van der Waals surface area contributed by atoms with Crippen molar-refractivity contribution in [3.05, 3.63) is 57.6 Å². The summed E-state index contributed by atoms with van der Waals surface area (Å²) in [5.41, 5.74) is 7.42. The van der Waals surface area contributed by atoms with E-state index < -0.39 is 18.0 Å². The lowest BCUT2D eigenvalue weighted by Gasteiger charge is -2.16. The highest BCUT2D eigenvalue weighted by atomic mass is 35.5. The molecule has 126 valence electrons. The van der Waals surface area contributed by atoms with E-state index in [2.05, 4.69) is 5.32 Å². The van der Waals surface area contributed by atoms with Crippen molar-refractivity contribution in [1.29, 1.82) is 0 Å². The number of esters is 1. The second kappa shape index (κ2) is 7.55. The lowest BCUT2D eigenvalue weighted by atomic mass is 10.1. The van der Waals surface area contributed by atoms with Crippen molar-refractivity contribution in [2.75, 3.05) is 11.1 Å². The Morgan fingerprint density at radius 1 is 1.12 bits per heavy atom. The van der Waals surface area contributed by atoms with Crippen molar-refractivity contribution in [1.82, 2.24) is 0 Å². The monoisotopic (exact) mass is 366 g/mol. The van der Waals surface area contributed by atoms with Crippen molar-refractivity contribution in [2.24, 2.45) is 0 Å². The second-order valence-electron chi connectivity index (χ2n) is 5.17. The molecule has 7 heteroatoms. The maximum atomic E-state index is 12.2. The van der Waals surface area contributed by atoms with Gasteiger partial charge in [0.1, 0.15) is 0 Å². The summed E-state index contributed by atoms with van der Waals surface area (Å²) in [6, 6.07) is 9.85. The minimum Gasteiger partial charge on any atom is -0.449 e. The van der Waals surface area contributed by atoms with Crippen LogP contribution in [0, 0.1) is 6.92 Å². The van der Waals surface area contributed by atoms with Gasteiger partial charge in [-0.05, 0) is 37.6 Å². The highest BCUT2D eigenvalue weighted by molar-refractivity contribution is 6.39. The number of hydrogen-bond donors (Lipinski definition) is 2. The summed E-state index contributed by atoms with van der Waals surface area (Å²) in [5.74, 6) is -1.23. The number of nitrogen functional groups attached to an aromatic ring is 1. The number of carbonyl (C=O) groups excluding carboxylic acids is 2. The quantitative estimate of drug-likeness (QED) is 0.631. The first kappa shape index (κ1) is 18.1. The third-order valence-corrected chi connectivity index (χ3v) is 4.04. The van der Waals surface area contributed by atoms with Crippen LogP contribution < -0.4 is 11.1 Å². The molecule has 0 aliphatic rings. The normalized spacial score (nSPS) is 11.7. The van der Waals surface area contributed by atoms with Crippen molar-refractivity contribution in [2.45, 2.75) is 20.0 Å². The molecule has 0 fully saturated rings. The van der Waals surface area contributed by atoms with E-state index in [4.69, 9.17) is 33.7 Å². The summed E-state index contributed by atoms with van der Waals surface area (Å²) in [6.45, 7) is 3.23. The summed E-state index contributed by atoms with van der Waals surface area (Å²) in [6.07, 6.45) is -1.05. The lowest BCUT2D eigenvalue weighted by molar-refractivity contribution is -0.123. The van der Waals surface area contributed by atoms with E-state index >= 15 is 0 Å². The number of benzene rings is 2. The molecule has 0 aromatic heterocycles. The fourth-order valence-electron chi connectivity index (χ4n) is 1.98. The van der Waals surface area contributed by atoms with Crippen molar-refractivity contribution in [3.63, 3.8) is 0 Å². The van der Waals surface area contributed by atoms with Crippen molar-refractivity contribution < 1.29 is 14.3 Å². The van der Waals surface area contributed by atoms with Crippen molar-refractivity contribution >= 4 is 46.5 Å². The minimum absolute atomic E-state index is 0.213. The van der Waals surface area contributed by atoms with E-state index in [-0.39, 0.29) is 21.3 Å². The molecule has 2 aromatic rings. The smallest absolute Gasteiger partial charge is 0.341 e. The van der Waals surface area contributed by atoms with Gasteiger partial charge < -0.3 is 15.8 Å². The number of carbonyl (C=O) groups is 2. The predicted octanol–water partition coefficient (Wildman–Crippen LogP) is 4.07. The largest absolute Gasteiger partial charge is 0.449 e. The first-order valence-corrected chi connectivity index (χ1v) is 7.87. The molecule has 0 aliphatic carbocycles. The Bertz CT molecular complexity index is 773. The summed E-state index contributed by atoms with van der Waals surface area (Å²) in [5, 5.41) is 3.13. The Morgan fingerprint density at radius 3 is 2.33 bits per heavy atom. The van der Waals surface area contributed by atoms with E-state index in [1.165, 1.54) is 6.92 Å². The maximum Gasteiger partial charge on any atom is 0.341 e. The summed E-state index contributed by atoms with van der Waals surface area (Å²) >= 11 is 12.0. The molecule has 1 amide bonds. The van der Waals surface area contributed by atoms with Gasteiger partial charge in [-0.1, -0.05) is 41.4 Å². The zero-order chi connectivity index (χ0) is 17.9. The van der Waals surface area contributed by atoms with Crippen LogP contribution in [0.2, 0.25) is 10.0 Å². The molecular weight excluding hydrogens is 351 g/mol. The van der Waals surface area contributed by atoms with Gasteiger partial charge in [0.25, 0.3) is 5.91 Å². The molecule has 0 saturated carbocycles. The number of anilines is 2. The van der Waals surface area contributed by atoms with Crippen LogP contribution in [-0.4, -0.2) is 18.0 Å². The molecular formula is C17H16Cl2N2O3. The van der Waals surface area contributed by atoms with Crippen molar-refractivity contribution in [3.8, 4) is 0 Å². The number of amides is 1. The Hall–Kier alpha value is -2.24. The Labute approximate surface area is 149 Å². The van der Waals surface area contributed by atoms with Gasteiger partial charge in [0.15, 0.2) is 6.10 Å². The Morgan fingerprint density at radius 2 is 1.71 bits per heavy atom. The minimum atomic E-state index is -1.05. The number of nitrogens with two attached hydrogens (primary N) is 1. The molecule has 3 N–H and O–H groups in total. The fourth-order valence-corrected chi connectivity index (χ4v) is 2.47. The third kappa shape index (κ3) is 3.99. The Balaban J connectivity index is 2.09. The predicted molar refractivity (Wildman–Crippen MR) is 95.6 cm³/mol. The molecule has 5 nitrogen and oxygen atoms in total. The van der Waals surface area contributed by atoms with Gasteiger partial charge >= 0.3 is 5.97 Å². The molecule has 1 atom stereocenters. The number of nitrogens with one attached hydrogen (secondary N) is 1. The lowest BCUT2D eigenvalue weighted by Crippen LogP contribution is -2.30. The molecule has 2 rings (SSSR count). The highest BCUT2D eigenvalue weighted by Gasteiger charge is 2.22. The fraction of sp³-hybridized carbons (Fsp3) is 0.176. The molecule has 2 aromatic carbocycles. The molecule has 0 spiro atoms. The molecule has 0 radical (unpaired) electrons. The first-order valence-electron chi connectivity index (χ1n) is 7.12. The number of ether oxygens (including phenoxy) is 1. The molecule has 0 bridgehead atoms. The van der Waals surface area contributed by atoms with Gasteiger partial charge in [-0.2, -0.15) is 0 Å². The highest BCUT2D eigenvalue weighted by Crippen LogP contribution is 2.30. The number of rotatable bonds is 4. The van der Waals surface area contributed by atoms with Gasteiger partial charge in [0.2, 0.25) is 0 Å². The van der Waals surface area contributed by atoms with Crippen LogP contribution in [-0.2, 0) is 9.53 Å². The first-order chi connectivity index (χ1) is 11.3. The van der Waals surface area contributed by atoms with E-state index in [1.54, 1.807) is 43.3 Å². The summed E-state index contributed by atoms with van der Waals surface area (Å²) in [4.78, 5) is 24.4. The summed E-state index contributed by atoms with van der Waals surface area (Å²) in [7, 11) is 0. The summed E-state index contributed by atoms with van der Waals surface area (Å²) < 4.78 is 5.17. The van der Waals surface area contributed by atoms with Crippen LogP contribution in [0.4, 0.5) is 11.4 Å². The number of hydrogen-bond acceptors (Lipinski definition) is 4. The van der Waals surface area contributed by atoms with E-state index in [1.807, 2.05) is 0 Å². The van der Waals surface area contributed by atoms with Crippen LogP contribution in [0.25, 0.3) is 0 Å². The van der Waals surface area contributed by atoms with Gasteiger partial charge in [0.05, 0.1) is 21.3 Å². The van der Waals surface area contributed by atoms with E-state index in [0.717, 1.165) is 5.56 Å². The van der Waals surface area contributed by atoms with Crippen LogP contribution in [0.3, 0.4) is 0 Å². The average molecular weight is 367 g/mol. The third-order valence-electron chi connectivity index (χ3n) is 3.41. The maximum absolute atomic E-state index is 12.2.